The van der Waals surface area contributed by atoms with Crippen LogP contribution in [0, 0.1) is 17.8 Å². The summed E-state index contributed by atoms with van der Waals surface area (Å²) in [7, 11) is 0. The highest BCUT2D eigenvalue weighted by Gasteiger charge is 2.27. The van der Waals surface area contributed by atoms with Crippen molar-refractivity contribution >= 4 is 5.97 Å². The van der Waals surface area contributed by atoms with Crippen LogP contribution in [0.25, 0.3) is 0 Å². The lowest BCUT2D eigenvalue weighted by Crippen LogP contribution is -2.27. The molecular formula is C32H42O3. The molecule has 0 spiro atoms. The van der Waals surface area contributed by atoms with Crippen LogP contribution in [0.5, 0.6) is 5.75 Å². The van der Waals surface area contributed by atoms with Crippen LogP contribution < -0.4 is 4.74 Å². The summed E-state index contributed by atoms with van der Waals surface area (Å²) in [6, 6.07) is 14.4. The number of carbonyl (C=O) groups excluding carboxylic acids is 1. The van der Waals surface area contributed by atoms with Crippen molar-refractivity contribution in [2.24, 2.45) is 5.92 Å². The number of carbonyl (C=O) groups is 1. The Kier molecular flexibility index (Phi) is 11.2. The summed E-state index contributed by atoms with van der Waals surface area (Å²) in [5.41, 5.74) is 4.56. The van der Waals surface area contributed by atoms with E-state index in [0.717, 1.165) is 62.0 Å². The summed E-state index contributed by atoms with van der Waals surface area (Å²) in [5.74, 6) is 7.41. The maximum atomic E-state index is 12.7. The van der Waals surface area contributed by atoms with Crippen molar-refractivity contribution in [3.63, 3.8) is 0 Å². The maximum Gasteiger partial charge on any atom is 0.309 e. The van der Waals surface area contributed by atoms with E-state index in [0.29, 0.717) is 0 Å². The van der Waals surface area contributed by atoms with Crippen molar-refractivity contribution < 1.29 is 14.3 Å². The van der Waals surface area contributed by atoms with Gasteiger partial charge in [-0.15, -0.1) is 0 Å². The van der Waals surface area contributed by atoms with Gasteiger partial charge in [0, 0.05) is 11.1 Å². The lowest BCUT2D eigenvalue weighted by molar-refractivity contribution is -0.154. The van der Waals surface area contributed by atoms with Gasteiger partial charge in [0.1, 0.15) is 5.75 Å². The van der Waals surface area contributed by atoms with Crippen molar-refractivity contribution in [1.29, 1.82) is 0 Å². The maximum absolute atomic E-state index is 12.7. The van der Waals surface area contributed by atoms with Crippen molar-refractivity contribution in [2.75, 3.05) is 6.61 Å². The first kappa shape index (κ1) is 26.9. The van der Waals surface area contributed by atoms with Crippen LogP contribution in [0.3, 0.4) is 0 Å². The molecule has 0 aromatic heterocycles. The largest absolute Gasteiger partial charge is 0.494 e. The van der Waals surface area contributed by atoms with Gasteiger partial charge < -0.3 is 9.47 Å². The fraction of sp³-hybridized carbons (Fsp3) is 0.531. The van der Waals surface area contributed by atoms with E-state index >= 15 is 0 Å². The van der Waals surface area contributed by atoms with E-state index < -0.39 is 0 Å². The molecule has 2 aromatic carbocycles. The molecule has 35 heavy (non-hydrogen) atoms. The van der Waals surface area contributed by atoms with E-state index in [-0.39, 0.29) is 18.0 Å². The Morgan fingerprint density at radius 2 is 1.63 bits per heavy atom. The SMILES string of the molecule is CCCCCC[C@H](C)OC(=O)C1CCc2cc(C#Cc3ccc(OCCCCC)cc3)ccc2C1. The van der Waals surface area contributed by atoms with Crippen LogP contribution in [0.2, 0.25) is 0 Å². The minimum atomic E-state index is -0.0276. The molecule has 0 radical (unpaired) electrons. The van der Waals surface area contributed by atoms with Crippen molar-refractivity contribution in [1.82, 2.24) is 0 Å². The molecule has 0 amide bonds. The normalized spacial score (nSPS) is 15.5. The van der Waals surface area contributed by atoms with E-state index in [4.69, 9.17) is 9.47 Å². The summed E-state index contributed by atoms with van der Waals surface area (Å²) < 4.78 is 11.5. The Morgan fingerprint density at radius 3 is 2.40 bits per heavy atom. The molecular weight excluding hydrogens is 432 g/mol. The average Bonchev–Trinajstić information content (AvgIpc) is 2.88. The molecule has 0 heterocycles. The third-order valence-electron chi connectivity index (χ3n) is 6.77. The molecule has 0 saturated carbocycles. The molecule has 1 aliphatic carbocycles. The molecule has 1 unspecified atom stereocenters. The zero-order valence-electron chi connectivity index (χ0n) is 21.9. The minimum absolute atomic E-state index is 0.0140. The molecule has 0 saturated heterocycles. The van der Waals surface area contributed by atoms with Gasteiger partial charge in [-0.25, -0.2) is 0 Å². The Balaban J connectivity index is 1.50. The Bertz CT molecular complexity index is 980. The first-order valence-corrected chi connectivity index (χ1v) is 13.7. The van der Waals surface area contributed by atoms with Crippen LogP contribution in [0.4, 0.5) is 0 Å². The zero-order valence-corrected chi connectivity index (χ0v) is 21.9. The van der Waals surface area contributed by atoms with Gasteiger partial charge in [0.05, 0.1) is 18.6 Å². The van der Waals surface area contributed by atoms with Crippen LogP contribution in [-0.2, 0) is 22.4 Å². The smallest absolute Gasteiger partial charge is 0.309 e. The standard InChI is InChI=1S/C32H42O3/c1-4-6-8-9-11-25(3)35-32(33)30-19-18-28-23-27(14-17-29(28)24-30)13-12-26-15-20-31(21-16-26)34-22-10-7-5-2/h14-17,20-21,23,25,30H,4-11,18-19,22,24H2,1-3H3/t25-,30?/m0/s1. The number of esters is 1. The molecule has 0 aliphatic heterocycles. The van der Waals surface area contributed by atoms with Gasteiger partial charge in [-0.1, -0.05) is 63.9 Å². The summed E-state index contributed by atoms with van der Waals surface area (Å²) in [6.45, 7) is 7.20. The highest BCUT2D eigenvalue weighted by Crippen LogP contribution is 2.28. The van der Waals surface area contributed by atoms with Gasteiger partial charge in [0.15, 0.2) is 0 Å². The van der Waals surface area contributed by atoms with Crippen molar-refractivity contribution in [3.8, 4) is 17.6 Å². The minimum Gasteiger partial charge on any atom is -0.494 e. The summed E-state index contributed by atoms with van der Waals surface area (Å²) in [6.07, 6.45) is 11.8. The Morgan fingerprint density at radius 1 is 0.914 bits per heavy atom. The van der Waals surface area contributed by atoms with Crippen LogP contribution in [0.15, 0.2) is 42.5 Å². The lowest BCUT2D eigenvalue weighted by Gasteiger charge is -2.25. The van der Waals surface area contributed by atoms with Gasteiger partial charge in [-0.2, -0.15) is 0 Å². The fourth-order valence-corrected chi connectivity index (χ4v) is 4.57. The van der Waals surface area contributed by atoms with Crippen molar-refractivity contribution in [3.05, 3.63) is 64.7 Å². The predicted molar refractivity (Wildman–Crippen MR) is 144 cm³/mol. The topological polar surface area (TPSA) is 35.5 Å². The number of rotatable bonds is 12. The second-order valence-electron chi connectivity index (χ2n) is 9.85. The van der Waals surface area contributed by atoms with Gasteiger partial charge in [0.25, 0.3) is 0 Å². The molecule has 2 atom stereocenters. The monoisotopic (exact) mass is 474 g/mol. The van der Waals surface area contributed by atoms with E-state index in [1.807, 2.05) is 31.2 Å². The summed E-state index contributed by atoms with van der Waals surface area (Å²) in [5, 5.41) is 0. The highest BCUT2D eigenvalue weighted by atomic mass is 16.5. The summed E-state index contributed by atoms with van der Waals surface area (Å²) >= 11 is 0. The fourth-order valence-electron chi connectivity index (χ4n) is 4.57. The second kappa shape index (κ2) is 14.6. The van der Waals surface area contributed by atoms with Crippen LogP contribution >= 0.6 is 0 Å². The first-order valence-electron chi connectivity index (χ1n) is 13.7. The number of unbranched alkanes of at least 4 members (excludes halogenated alkanes) is 5. The van der Waals surface area contributed by atoms with Gasteiger partial charge in [-0.3, -0.25) is 4.79 Å². The average molecular weight is 475 g/mol. The molecule has 188 valence electrons. The van der Waals surface area contributed by atoms with Gasteiger partial charge in [-0.05, 0) is 93.0 Å². The number of ether oxygens (including phenoxy) is 2. The number of hydrogen-bond acceptors (Lipinski definition) is 3. The quantitative estimate of drug-likeness (QED) is 0.180. The van der Waals surface area contributed by atoms with Gasteiger partial charge in [0.2, 0.25) is 0 Å². The summed E-state index contributed by atoms with van der Waals surface area (Å²) in [4.78, 5) is 12.7. The molecule has 0 bridgehead atoms. The van der Waals surface area contributed by atoms with E-state index in [2.05, 4.69) is 43.9 Å². The van der Waals surface area contributed by atoms with E-state index in [1.54, 1.807) is 0 Å². The molecule has 1 aliphatic rings. The zero-order chi connectivity index (χ0) is 24.9. The Labute approximate surface area is 212 Å². The predicted octanol–water partition coefficient (Wildman–Crippen LogP) is 7.66. The molecule has 2 aromatic rings. The third kappa shape index (κ3) is 9.10. The second-order valence-corrected chi connectivity index (χ2v) is 9.85. The van der Waals surface area contributed by atoms with Gasteiger partial charge >= 0.3 is 5.97 Å². The number of benzene rings is 2. The van der Waals surface area contributed by atoms with Crippen molar-refractivity contribution in [2.45, 2.75) is 97.5 Å². The first-order chi connectivity index (χ1) is 17.1. The third-order valence-corrected chi connectivity index (χ3v) is 6.77. The number of fused-ring (bicyclic) bond motifs is 1. The van der Waals surface area contributed by atoms with Crippen LogP contribution in [0.1, 0.15) is 101 Å². The molecule has 3 nitrogen and oxygen atoms in total. The van der Waals surface area contributed by atoms with Crippen LogP contribution in [-0.4, -0.2) is 18.7 Å². The van der Waals surface area contributed by atoms with E-state index in [1.165, 1.54) is 43.2 Å². The molecule has 3 heteroatoms. The Hall–Kier alpha value is -2.73. The van der Waals surface area contributed by atoms with E-state index in [9.17, 15) is 4.79 Å². The highest BCUT2D eigenvalue weighted by molar-refractivity contribution is 5.73. The molecule has 0 N–H and O–H groups in total. The number of aryl methyl sites for hydroxylation is 1. The lowest BCUT2D eigenvalue weighted by atomic mass is 9.83. The molecule has 0 fully saturated rings. The number of hydrogen-bond donors (Lipinski definition) is 0. The molecule has 3 rings (SSSR count).